The molecule has 1 aliphatic rings. The fraction of sp³-hybridized carbons (Fsp3) is 0.417. The number of carbonyl (C=O) groups is 2. The van der Waals surface area contributed by atoms with Gasteiger partial charge < -0.3 is 9.47 Å². The van der Waals surface area contributed by atoms with E-state index in [1.165, 1.54) is 0 Å². The van der Waals surface area contributed by atoms with Crippen molar-refractivity contribution in [3.63, 3.8) is 0 Å². The number of ketones is 2. The topological polar surface area (TPSA) is 52.6 Å². The van der Waals surface area contributed by atoms with E-state index < -0.39 is 0 Å². The molecule has 0 fully saturated rings. The molecule has 2 aromatic carbocycles. The summed E-state index contributed by atoms with van der Waals surface area (Å²) in [4.78, 5) is 26.1. The van der Waals surface area contributed by atoms with Gasteiger partial charge in [0, 0.05) is 16.7 Å². The minimum atomic E-state index is -0.172. The summed E-state index contributed by atoms with van der Waals surface area (Å²) in [5.41, 5.74) is 1.62. The molecule has 0 N–H and O–H groups in total. The molecule has 0 saturated heterocycles. The molecule has 0 unspecified atom stereocenters. The summed E-state index contributed by atoms with van der Waals surface area (Å²) in [6.45, 7) is 5.34. The zero-order chi connectivity index (χ0) is 19.9. The van der Waals surface area contributed by atoms with Crippen LogP contribution >= 0.6 is 0 Å². The van der Waals surface area contributed by atoms with Crippen molar-refractivity contribution in [3.8, 4) is 11.5 Å². The van der Waals surface area contributed by atoms with E-state index in [4.69, 9.17) is 9.47 Å². The highest BCUT2D eigenvalue weighted by Crippen LogP contribution is 2.39. The Morgan fingerprint density at radius 3 is 1.93 bits per heavy atom. The van der Waals surface area contributed by atoms with Crippen LogP contribution in [-0.4, -0.2) is 24.8 Å². The minimum Gasteiger partial charge on any atom is -0.490 e. The van der Waals surface area contributed by atoms with Crippen LogP contribution in [0.25, 0.3) is 0 Å². The molecule has 0 aliphatic heterocycles. The van der Waals surface area contributed by atoms with Crippen molar-refractivity contribution in [3.05, 3.63) is 58.7 Å². The molecule has 0 atom stereocenters. The number of fused-ring (bicyclic) bond motifs is 2. The Bertz CT molecular complexity index is 854. The second kappa shape index (κ2) is 9.54. The van der Waals surface area contributed by atoms with E-state index in [2.05, 4.69) is 13.8 Å². The van der Waals surface area contributed by atoms with Gasteiger partial charge in [0.15, 0.2) is 23.1 Å². The molecule has 0 radical (unpaired) electrons. The summed E-state index contributed by atoms with van der Waals surface area (Å²) in [6.07, 6.45) is 6.17. The Labute approximate surface area is 166 Å². The van der Waals surface area contributed by atoms with E-state index in [1.807, 2.05) is 0 Å². The normalized spacial score (nSPS) is 12.5. The predicted octanol–water partition coefficient (Wildman–Crippen LogP) is 5.60. The fourth-order valence-corrected chi connectivity index (χ4v) is 3.45. The second-order valence-corrected chi connectivity index (χ2v) is 7.13. The van der Waals surface area contributed by atoms with Crippen LogP contribution in [0.3, 0.4) is 0 Å². The molecule has 1 aliphatic carbocycles. The maximum absolute atomic E-state index is 13.2. The number of ether oxygens (including phenoxy) is 2. The van der Waals surface area contributed by atoms with Crippen LogP contribution in [0.4, 0.5) is 0 Å². The number of hydrogen-bond donors (Lipinski definition) is 0. The van der Waals surface area contributed by atoms with E-state index >= 15 is 0 Å². The van der Waals surface area contributed by atoms with Crippen molar-refractivity contribution in [2.45, 2.75) is 52.4 Å². The average Bonchev–Trinajstić information content (AvgIpc) is 2.72. The first-order chi connectivity index (χ1) is 13.7. The minimum absolute atomic E-state index is 0.138. The van der Waals surface area contributed by atoms with Gasteiger partial charge in [-0.05, 0) is 25.0 Å². The van der Waals surface area contributed by atoms with Gasteiger partial charge in [-0.3, -0.25) is 9.59 Å². The number of benzene rings is 2. The highest BCUT2D eigenvalue weighted by atomic mass is 16.5. The fourth-order valence-electron chi connectivity index (χ4n) is 3.45. The molecule has 148 valence electrons. The quantitative estimate of drug-likeness (QED) is 0.430. The van der Waals surface area contributed by atoms with Gasteiger partial charge in [-0.2, -0.15) is 0 Å². The molecule has 0 spiro atoms. The lowest BCUT2D eigenvalue weighted by Gasteiger charge is -2.22. The SMILES string of the molecule is CCCCCOc1ccc2c(c1OCCCCC)C(=O)c1ccccc1C2=O. The largest absolute Gasteiger partial charge is 0.490 e. The summed E-state index contributed by atoms with van der Waals surface area (Å²) < 4.78 is 12.0. The first-order valence-corrected chi connectivity index (χ1v) is 10.3. The molecule has 3 rings (SSSR count). The van der Waals surface area contributed by atoms with Gasteiger partial charge in [0.25, 0.3) is 0 Å². The van der Waals surface area contributed by atoms with Crippen LogP contribution in [0.1, 0.15) is 84.2 Å². The van der Waals surface area contributed by atoms with Crippen LogP contribution in [0.15, 0.2) is 36.4 Å². The van der Waals surface area contributed by atoms with Crippen molar-refractivity contribution < 1.29 is 19.1 Å². The van der Waals surface area contributed by atoms with Crippen LogP contribution in [-0.2, 0) is 0 Å². The lowest BCUT2D eigenvalue weighted by atomic mass is 9.83. The number of hydrogen-bond acceptors (Lipinski definition) is 4. The second-order valence-electron chi connectivity index (χ2n) is 7.13. The van der Waals surface area contributed by atoms with Crippen molar-refractivity contribution in [2.24, 2.45) is 0 Å². The van der Waals surface area contributed by atoms with E-state index in [0.29, 0.717) is 47.0 Å². The Hall–Kier alpha value is -2.62. The van der Waals surface area contributed by atoms with E-state index in [9.17, 15) is 9.59 Å². The monoisotopic (exact) mass is 380 g/mol. The highest BCUT2D eigenvalue weighted by Gasteiger charge is 2.33. The molecule has 2 aromatic rings. The zero-order valence-corrected chi connectivity index (χ0v) is 16.8. The number of carbonyl (C=O) groups excluding carboxylic acids is 2. The van der Waals surface area contributed by atoms with Gasteiger partial charge >= 0.3 is 0 Å². The van der Waals surface area contributed by atoms with Crippen molar-refractivity contribution in [1.29, 1.82) is 0 Å². The zero-order valence-electron chi connectivity index (χ0n) is 16.8. The van der Waals surface area contributed by atoms with Gasteiger partial charge in [0.2, 0.25) is 0 Å². The van der Waals surface area contributed by atoms with Gasteiger partial charge in [-0.25, -0.2) is 0 Å². The number of unbranched alkanes of at least 4 members (excludes halogenated alkanes) is 4. The third-order valence-electron chi connectivity index (χ3n) is 5.01. The standard InChI is InChI=1S/C24H28O4/c1-3-5-9-15-27-20-14-13-19-21(24(20)28-16-10-6-4-2)23(26)18-12-8-7-11-17(18)22(19)25/h7-8,11-14H,3-6,9-10,15-16H2,1-2H3. The molecule has 0 heterocycles. The third kappa shape index (κ3) is 4.11. The van der Waals surface area contributed by atoms with E-state index in [1.54, 1.807) is 36.4 Å². The molecule has 28 heavy (non-hydrogen) atoms. The van der Waals surface area contributed by atoms with Gasteiger partial charge in [0.05, 0.1) is 18.8 Å². The smallest absolute Gasteiger partial charge is 0.198 e. The third-order valence-corrected chi connectivity index (χ3v) is 5.01. The van der Waals surface area contributed by atoms with Crippen LogP contribution < -0.4 is 9.47 Å². The molecule has 0 aromatic heterocycles. The summed E-state index contributed by atoms with van der Waals surface area (Å²) in [6, 6.07) is 10.4. The van der Waals surface area contributed by atoms with E-state index in [0.717, 1.165) is 38.5 Å². The summed E-state index contributed by atoms with van der Waals surface area (Å²) in [5, 5.41) is 0. The van der Waals surface area contributed by atoms with Gasteiger partial charge in [-0.15, -0.1) is 0 Å². The summed E-state index contributed by atoms with van der Waals surface area (Å²) in [5.74, 6) is 0.653. The van der Waals surface area contributed by atoms with Crippen LogP contribution in [0, 0.1) is 0 Å². The molecular formula is C24H28O4. The van der Waals surface area contributed by atoms with Crippen LogP contribution in [0.5, 0.6) is 11.5 Å². The molecule has 4 heteroatoms. The average molecular weight is 380 g/mol. The Morgan fingerprint density at radius 1 is 0.679 bits per heavy atom. The van der Waals surface area contributed by atoms with Gasteiger partial charge in [-0.1, -0.05) is 63.8 Å². The predicted molar refractivity (Wildman–Crippen MR) is 110 cm³/mol. The molecular weight excluding hydrogens is 352 g/mol. The maximum atomic E-state index is 13.2. The van der Waals surface area contributed by atoms with Crippen molar-refractivity contribution in [2.75, 3.05) is 13.2 Å². The summed E-state index contributed by atoms with van der Waals surface area (Å²) >= 11 is 0. The highest BCUT2D eigenvalue weighted by molar-refractivity contribution is 6.29. The van der Waals surface area contributed by atoms with Crippen molar-refractivity contribution in [1.82, 2.24) is 0 Å². The Balaban J connectivity index is 1.97. The van der Waals surface area contributed by atoms with Crippen molar-refractivity contribution >= 4 is 11.6 Å². The molecule has 4 nitrogen and oxygen atoms in total. The first-order valence-electron chi connectivity index (χ1n) is 10.3. The molecule has 0 saturated carbocycles. The Morgan fingerprint density at radius 2 is 1.29 bits per heavy atom. The lowest BCUT2D eigenvalue weighted by Crippen LogP contribution is -2.22. The van der Waals surface area contributed by atoms with Gasteiger partial charge in [0.1, 0.15) is 0 Å². The first kappa shape index (κ1) is 20.1. The molecule has 0 bridgehead atoms. The van der Waals surface area contributed by atoms with Crippen LogP contribution in [0.2, 0.25) is 0 Å². The Kier molecular flexibility index (Phi) is 6.85. The number of rotatable bonds is 10. The maximum Gasteiger partial charge on any atom is 0.198 e. The lowest BCUT2D eigenvalue weighted by molar-refractivity contribution is 0.0974. The molecule has 0 amide bonds. The summed E-state index contributed by atoms with van der Waals surface area (Å²) in [7, 11) is 0. The van der Waals surface area contributed by atoms with E-state index in [-0.39, 0.29) is 11.6 Å².